The molecule has 4 aromatic heterocycles. The smallest absolute Gasteiger partial charge is 0.258 e. The first kappa shape index (κ1) is 34.6. The van der Waals surface area contributed by atoms with Gasteiger partial charge in [0, 0.05) is 74.5 Å². The van der Waals surface area contributed by atoms with Gasteiger partial charge >= 0.3 is 0 Å². The van der Waals surface area contributed by atoms with Gasteiger partial charge in [-0.05, 0) is 86.3 Å². The van der Waals surface area contributed by atoms with Crippen LogP contribution in [0.2, 0.25) is 0 Å². The van der Waals surface area contributed by atoms with Crippen LogP contribution in [0.15, 0.2) is 73.1 Å². The largest absolute Gasteiger partial charge is 0.388 e. The minimum Gasteiger partial charge on any atom is -0.388 e. The molecule has 2 saturated heterocycles. The van der Waals surface area contributed by atoms with Crippen LogP contribution >= 0.6 is 11.3 Å². The number of amides is 1. The molecule has 3 aliphatic rings. The predicted octanol–water partition coefficient (Wildman–Crippen LogP) is 7.70. The third-order valence-electron chi connectivity index (χ3n) is 10.2. The molecule has 9 rings (SSSR count). The summed E-state index contributed by atoms with van der Waals surface area (Å²) in [5.41, 5.74) is 5.90. The Labute approximate surface area is 308 Å². The van der Waals surface area contributed by atoms with Crippen molar-refractivity contribution in [3.63, 3.8) is 0 Å². The topological polar surface area (TPSA) is 116 Å². The van der Waals surface area contributed by atoms with Crippen molar-refractivity contribution in [2.45, 2.75) is 26.2 Å². The molecule has 1 amide bonds. The molecule has 10 nitrogen and oxygen atoms in total. The Morgan fingerprint density at radius 2 is 1.83 bits per heavy atom. The summed E-state index contributed by atoms with van der Waals surface area (Å²) in [5.74, 6) is 0.0510. The Bertz CT molecular complexity index is 2330. The van der Waals surface area contributed by atoms with E-state index < -0.39 is 11.6 Å². The molecule has 2 N–H and O–H groups in total. The summed E-state index contributed by atoms with van der Waals surface area (Å²) in [6, 6.07) is 17.3. The number of anilines is 3. The minimum atomic E-state index is -0.465. The SMILES string of the molecule is CNc1ccc(C(=O)N2CCc3c(sc(-c4nc5c(F)cccc5[nH]4)c3F)-c3ncccc32)cc1.Cc1cnc(N2CC3(CCOCC3)C2)c(C=O)c1. The number of carbonyl (C=O) groups is 2. The van der Waals surface area contributed by atoms with Crippen molar-refractivity contribution >= 4 is 51.8 Å². The number of hydrogen-bond acceptors (Lipinski definition) is 9. The van der Waals surface area contributed by atoms with Crippen LogP contribution in [0.4, 0.5) is 26.0 Å². The lowest BCUT2D eigenvalue weighted by atomic mass is 9.73. The first-order valence-electron chi connectivity index (χ1n) is 17.5. The van der Waals surface area contributed by atoms with Crippen LogP contribution in [0.3, 0.4) is 0 Å². The second-order valence-electron chi connectivity index (χ2n) is 13.7. The number of H-pyrrole nitrogens is 1. The number of ether oxygens (including phenoxy) is 1. The molecule has 13 heteroatoms. The van der Waals surface area contributed by atoms with Gasteiger partial charge in [-0.15, -0.1) is 11.3 Å². The number of pyridine rings is 2. The number of halogens is 2. The number of nitrogens with zero attached hydrogens (tertiary/aromatic N) is 5. The van der Waals surface area contributed by atoms with Gasteiger partial charge < -0.3 is 24.8 Å². The van der Waals surface area contributed by atoms with Gasteiger partial charge in [0.1, 0.15) is 27.7 Å². The number of aldehydes is 1. The molecule has 0 bridgehead atoms. The Balaban J connectivity index is 0.000000186. The van der Waals surface area contributed by atoms with Crippen molar-refractivity contribution < 1.29 is 23.1 Å². The Morgan fingerprint density at radius 3 is 2.57 bits per heavy atom. The van der Waals surface area contributed by atoms with E-state index in [0.717, 1.165) is 62.5 Å². The quantitative estimate of drug-likeness (QED) is 0.173. The van der Waals surface area contributed by atoms with Crippen molar-refractivity contribution in [1.29, 1.82) is 0 Å². The minimum absolute atomic E-state index is 0.171. The lowest BCUT2D eigenvalue weighted by molar-refractivity contribution is -0.000497. The van der Waals surface area contributed by atoms with Gasteiger partial charge in [0.05, 0.1) is 21.6 Å². The molecular weight excluding hydrogens is 697 g/mol. The van der Waals surface area contributed by atoms with E-state index in [-0.39, 0.29) is 17.2 Å². The zero-order chi connectivity index (χ0) is 36.7. The van der Waals surface area contributed by atoms with E-state index >= 15 is 4.39 Å². The average Bonchev–Trinajstić information content (AvgIpc) is 3.71. The van der Waals surface area contributed by atoms with E-state index in [2.05, 4.69) is 30.2 Å². The number of carbonyl (C=O) groups excluding carboxylic acids is 2. The fourth-order valence-corrected chi connectivity index (χ4v) is 8.55. The van der Waals surface area contributed by atoms with E-state index in [0.29, 0.717) is 61.7 Å². The molecule has 0 unspecified atom stereocenters. The Hall–Kier alpha value is -5.53. The van der Waals surface area contributed by atoms with Crippen LogP contribution in [-0.2, 0) is 11.2 Å². The van der Waals surface area contributed by atoms with Crippen LogP contribution in [-0.4, -0.2) is 72.0 Å². The number of aromatic amines is 1. The van der Waals surface area contributed by atoms with Crippen molar-refractivity contribution in [2.24, 2.45) is 5.41 Å². The third kappa shape index (κ3) is 6.44. The average molecular weight is 734 g/mol. The fourth-order valence-electron chi connectivity index (χ4n) is 7.37. The van der Waals surface area contributed by atoms with Crippen LogP contribution in [0.5, 0.6) is 0 Å². The summed E-state index contributed by atoms with van der Waals surface area (Å²) >= 11 is 1.21. The highest BCUT2D eigenvalue weighted by atomic mass is 32.1. The van der Waals surface area contributed by atoms with Crippen LogP contribution in [0.25, 0.3) is 32.3 Å². The zero-order valence-corrected chi connectivity index (χ0v) is 30.1. The van der Waals surface area contributed by atoms with Crippen LogP contribution < -0.4 is 15.1 Å². The van der Waals surface area contributed by atoms with Gasteiger partial charge in [0.25, 0.3) is 5.91 Å². The molecule has 2 aromatic carbocycles. The fraction of sp³-hybridized carbons (Fsp3) is 0.275. The number of thiophene rings is 1. The molecule has 270 valence electrons. The second-order valence-corrected chi connectivity index (χ2v) is 14.7. The molecule has 6 aromatic rings. The number of imidazole rings is 1. The van der Waals surface area contributed by atoms with E-state index in [1.807, 2.05) is 44.4 Å². The Kier molecular flexibility index (Phi) is 9.21. The molecule has 0 radical (unpaired) electrons. The number of nitrogens with one attached hydrogen (secondary N) is 2. The number of aryl methyl sites for hydroxylation is 1. The molecule has 7 heterocycles. The third-order valence-corrected chi connectivity index (χ3v) is 11.4. The highest BCUT2D eigenvalue weighted by molar-refractivity contribution is 7.19. The van der Waals surface area contributed by atoms with Crippen LogP contribution in [0, 0.1) is 24.0 Å². The first-order chi connectivity index (χ1) is 25.8. The summed E-state index contributed by atoms with van der Waals surface area (Å²) in [6.07, 6.45) is 6.94. The normalized spacial score (nSPS) is 15.8. The zero-order valence-electron chi connectivity index (χ0n) is 29.3. The number of rotatable bonds is 5. The number of fused-ring (bicyclic) bond motifs is 4. The molecule has 1 spiro atoms. The maximum absolute atomic E-state index is 15.8. The lowest BCUT2D eigenvalue weighted by Gasteiger charge is -2.53. The summed E-state index contributed by atoms with van der Waals surface area (Å²) in [4.78, 5) is 45.6. The van der Waals surface area contributed by atoms with Gasteiger partial charge in [-0.3, -0.25) is 14.6 Å². The molecule has 0 atom stereocenters. The number of para-hydroxylation sites is 1. The van der Waals surface area contributed by atoms with E-state index in [1.165, 1.54) is 17.4 Å². The number of hydrogen-bond donors (Lipinski definition) is 2. The molecule has 2 fully saturated rings. The van der Waals surface area contributed by atoms with Gasteiger partial charge in [-0.1, -0.05) is 6.07 Å². The summed E-state index contributed by atoms with van der Waals surface area (Å²) in [5, 5.41) is 3.04. The number of aromatic nitrogens is 4. The first-order valence-corrected chi connectivity index (χ1v) is 18.3. The molecule has 0 aliphatic carbocycles. The monoisotopic (exact) mass is 733 g/mol. The van der Waals surface area contributed by atoms with Crippen molar-refractivity contribution in [3.05, 3.63) is 107 Å². The highest BCUT2D eigenvalue weighted by Crippen LogP contribution is 2.46. The molecule has 3 aliphatic heterocycles. The summed E-state index contributed by atoms with van der Waals surface area (Å²) in [6.45, 7) is 6.01. The van der Waals surface area contributed by atoms with Gasteiger partial charge in [-0.2, -0.15) is 0 Å². The van der Waals surface area contributed by atoms with Crippen molar-refractivity contribution in [2.75, 3.05) is 55.0 Å². The maximum atomic E-state index is 15.8. The van der Waals surface area contributed by atoms with Gasteiger partial charge in [0.2, 0.25) is 0 Å². The van der Waals surface area contributed by atoms with E-state index in [9.17, 15) is 14.0 Å². The number of benzene rings is 2. The molecular formula is C40H37F2N7O3S. The second kappa shape index (κ2) is 14.1. The van der Waals surface area contributed by atoms with E-state index in [1.54, 1.807) is 41.4 Å². The van der Waals surface area contributed by atoms with E-state index in [4.69, 9.17) is 4.74 Å². The Morgan fingerprint density at radius 1 is 1.04 bits per heavy atom. The summed E-state index contributed by atoms with van der Waals surface area (Å²) < 4.78 is 35.3. The highest BCUT2D eigenvalue weighted by Gasteiger charge is 2.45. The lowest BCUT2D eigenvalue weighted by Crippen LogP contribution is -2.59. The summed E-state index contributed by atoms with van der Waals surface area (Å²) in [7, 11) is 1.82. The maximum Gasteiger partial charge on any atom is 0.258 e. The molecule has 53 heavy (non-hydrogen) atoms. The van der Waals surface area contributed by atoms with Gasteiger partial charge in [0.15, 0.2) is 17.9 Å². The van der Waals surface area contributed by atoms with Crippen LogP contribution in [0.1, 0.15) is 44.7 Å². The molecule has 0 saturated carbocycles. The predicted molar refractivity (Wildman–Crippen MR) is 203 cm³/mol. The standard InChI is InChI=1S/C26H19F2N5OS.C14H18N2O2/c1-29-15-9-7-14(8-10-15)26(34)33-13-11-16-20(28)24(35-23(16)22-19(33)6-3-12-30-22)25-31-18-5-2-4-17(27)21(18)32-25;1-11-6-12(8-17)13(15-7-11)16-9-14(10-16)2-4-18-5-3-14/h2-10,12,29H,11,13H2,1H3,(H,31,32);6-8H,2-5,9-10H2,1H3. The van der Waals surface area contributed by atoms with Crippen molar-refractivity contribution in [3.8, 4) is 21.3 Å². The van der Waals surface area contributed by atoms with Gasteiger partial charge in [-0.25, -0.2) is 18.7 Å². The van der Waals surface area contributed by atoms with Crippen molar-refractivity contribution in [1.82, 2.24) is 19.9 Å².